The molecule has 0 spiro atoms. The monoisotopic (exact) mass is 164 g/mol. The summed E-state index contributed by atoms with van der Waals surface area (Å²) in [4.78, 5) is 10.6. The van der Waals surface area contributed by atoms with Gasteiger partial charge in [-0.25, -0.2) is 4.79 Å². The number of ether oxygens (including phenoxy) is 1. The molecule has 3 heteroatoms. The van der Waals surface area contributed by atoms with Crippen molar-refractivity contribution in [3.05, 3.63) is 23.7 Å². The van der Waals surface area contributed by atoms with Crippen LogP contribution in [-0.2, 0) is 9.53 Å². The van der Waals surface area contributed by atoms with E-state index in [1.54, 1.807) is 6.07 Å². The molecule has 1 aromatic rings. The van der Waals surface area contributed by atoms with Crippen molar-refractivity contribution in [1.29, 1.82) is 0 Å². The van der Waals surface area contributed by atoms with Gasteiger partial charge in [-0.05, 0) is 18.9 Å². The maximum Gasteiger partial charge on any atom is 0.384 e. The topological polar surface area (TPSA) is 39.4 Å². The lowest BCUT2D eigenvalue weighted by molar-refractivity contribution is -0.133. The number of methoxy groups -OCH3 is 1. The van der Waals surface area contributed by atoms with E-state index in [2.05, 4.69) is 16.6 Å². The van der Waals surface area contributed by atoms with Gasteiger partial charge in [0, 0.05) is 11.5 Å². The highest BCUT2D eigenvalue weighted by molar-refractivity contribution is 5.88. The molecule has 0 saturated carbocycles. The first-order valence-corrected chi connectivity index (χ1v) is 3.38. The van der Waals surface area contributed by atoms with Crippen molar-refractivity contribution >= 4 is 5.97 Å². The lowest BCUT2D eigenvalue weighted by Crippen LogP contribution is -1.94. The van der Waals surface area contributed by atoms with Crippen LogP contribution in [-0.4, -0.2) is 13.1 Å². The Labute approximate surface area is 70.3 Å². The number of carbonyl (C=O) groups excluding carboxylic acids is 1. The van der Waals surface area contributed by atoms with Crippen molar-refractivity contribution in [3.63, 3.8) is 0 Å². The molecular weight excluding hydrogens is 156 g/mol. The van der Waals surface area contributed by atoms with Crippen LogP contribution in [0.25, 0.3) is 0 Å². The lowest BCUT2D eigenvalue weighted by atomic mass is 10.3. The molecule has 0 aliphatic rings. The summed E-state index contributed by atoms with van der Waals surface area (Å²) in [5.41, 5.74) is 0.909. The minimum absolute atomic E-state index is 0.500. The van der Waals surface area contributed by atoms with Gasteiger partial charge in [0.05, 0.1) is 13.4 Å². The Morgan fingerprint density at radius 1 is 1.67 bits per heavy atom. The minimum Gasteiger partial charge on any atom is -0.459 e. The fourth-order valence-electron chi connectivity index (χ4n) is 0.660. The number of rotatable bonds is 0. The average Bonchev–Trinajstić information content (AvgIpc) is 2.47. The molecule has 0 bridgehead atoms. The third-order valence-corrected chi connectivity index (χ3v) is 1.33. The van der Waals surface area contributed by atoms with E-state index in [4.69, 9.17) is 4.42 Å². The molecule has 0 radical (unpaired) electrons. The van der Waals surface area contributed by atoms with Gasteiger partial charge in [-0.3, -0.25) is 0 Å². The van der Waals surface area contributed by atoms with E-state index in [-0.39, 0.29) is 0 Å². The smallest absolute Gasteiger partial charge is 0.384 e. The summed E-state index contributed by atoms with van der Waals surface area (Å²) < 4.78 is 9.31. The molecule has 1 heterocycles. The molecule has 0 atom stereocenters. The molecule has 0 aromatic carbocycles. The van der Waals surface area contributed by atoms with Crippen molar-refractivity contribution < 1.29 is 13.9 Å². The van der Waals surface area contributed by atoms with Crippen LogP contribution in [0.15, 0.2) is 16.7 Å². The summed E-state index contributed by atoms with van der Waals surface area (Å²) in [6, 6.07) is 1.78. The highest BCUT2D eigenvalue weighted by Crippen LogP contribution is 2.05. The van der Waals surface area contributed by atoms with Crippen molar-refractivity contribution in [2.75, 3.05) is 7.11 Å². The Balaban J connectivity index is 2.79. The number of hydrogen-bond acceptors (Lipinski definition) is 3. The molecule has 0 aliphatic heterocycles. The van der Waals surface area contributed by atoms with Crippen LogP contribution in [0.5, 0.6) is 0 Å². The van der Waals surface area contributed by atoms with Gasteiger partial charge in [-0.15, -0.1) is 0 Å². The fourth-order valence-corrected chi connectivity index (χ4v) is 0.660. The highest BCUT2D eigenvalue weighted by Gasteiger charge is 1.96. The SMILES string of the molecule is COC(=O)C#Cc1occc1C. The van der Waals surface area contributed by atoms with Gasteiger partial charge in [-0.2, -0.15) is 0 Å². The molecule has 62 valence electrons. The standard InChI is InChI=1S/C9H8O3/c1-7-5-6-12-8(7)3-4-9(10)11-2/h5-6H,1-2H3. The summed E-state index contributed by atoms with van der Waals surface area (Å²) in [6.07, 6.45) is 1.52. The van der Waals surface area contributed by atoms with Crippen LogP contribution < -0.4 is 0 Å². The van der Waals surface area contributed by atoms with Crippen LogP contribution in [0.2, 0.25) is 0 Å². The lowest BCUT2D eigenvalue weighted by Gasteiger charge is -1.85. The second kappa shape index (κ2) is 3.63. The Bertz CT molecular complexity index is 338. The average molecular weight is 164 g/mol. The first-order chi connectivity index (χ1) is 5.74. The van der Waals surface area contributed by atoms with Crippen LogP contribution >= 0.6 is 0 Å². The maximum atomic E-state index is 10.6. The molecule has 0 saturated heterocycles. The highest BCUT2D eigenvalue weighted by atomic mass is 16.5. The van der Waals surface area contributed by atoms with Crippen LogP contribution in [0.4, 0.5) is 0 Å². The van der Waals surface area contributed by atoms with E-state index >= 15 is 0 Å². The first kappa shape index (κ1) is 8.41. The van der Waals surface area contributed by atoms with Gasteiger partial charge < -0.3 is 9.15 Å². The largest absolute Gasteiger partial charge is 0.459 e. The summed E-state index contributed by atoms with van der Waals surface area (Å²) in [6.45, 7) is 1.85. The number of hydrogen-bond donors (Lipinski definition) is 0. The predicted molar refractivity (Wildman–Crippen MR) is 42.3 cm³/mol. The number of furan rings is 1. The van der Waals surface area contributed by atoms with Gasteiger partial charge in [0.2, 0.25) is 0 Å². The quantitative estimate of drug-likeness (QED) is 0.426. The zero-order valence-corrected chi connectivity index (χ0v) is 6.88. The van der Waals surface area contributed by atoms with Crippen molar-refractivity contribution in [3.8, 4) is 11.8 Å². The Morgan fingerprint density at radius 3 is 2.92 bits per heavy atom. The zero-order chi connectivity index (χ0) is 8.97. The van der Waals surface area contributed by atoms with Crippen molar-refractivity contribution in [2.24, 2.45) is 0 Å². The maximum absolute atomic E-state index is 10.6. The normalized spacial score (nSPS) is 8.50. The molecule has 0 unspecified atom stereocenters. The summed E-state index contributed by atoms with van der Waals surface area (Å²) in [5, 5.41) is 0. The summed E-state index contributed by atoms with van der Waals surface area (Å²) in [7, 11) is 1.28. The third-order valence-electron chi connectivity index (χ3n) is 1.33. The molecule has 0 aliphatic carbocycles. The Kier molecular flexibility index (Phi) is 2.54. The van der Waals surface area contributed by atoms with E-state index in [0.717, 1.165) is 5.56 Å². The molecule has 0 fully saturated rings. The number of carbonyl (C=O) groups is 1. The Morgan fingerprint density at radius 2 is 2.42 bits per heavy atom. The zero-order valence-electron chi connectivity index (χ0n) is 6.88. The van der Waals surface area contributed by atoms with E-state index in [0.29, 0.717) is 5.76 Å². The summed E-state index contributed by atoms with van der Waals surface area (Å²) in [5.74, 6) is 4.76. The second-order valence-corrected chi connectivity index (χ2v) is 2.17. The molecular formula is C9H8O3. The van der Waals surface area contributed by atoms with E-state index in [1.165, 1.54) is 13.4 Å². The van der Waals surface area contributed by atoms with Crippen LogP contribution in [0, 0.1) is 18.8 Å². The second-order valence-electron chi connectivity index (χ2n) is 2.17. The van der Waals surface area contributed by atoms with E-state index < -0.39 is 5.97 Å². The third kappa shape index (κ3) is 1.89. The van der Waals surface area contributed by atoms with Crippen molar-refractivity contribution in [1.82, 2.24) is 0 Å². The van der Waals surface area contributed by atoms with Gasteiger partial charge in [0.15, 0.2) is 5.76 Å². The predicted octanol–water partition coefficient (Wildman–Crippen LogP) is 1.11. The van der Waals surface area contributed by atoms with E-state index in [9.17, 15) is 4.79 Å². The summed E-state index contributed by atoms with van der Waals surface area (Å²) >= 11 is 0. The molecule has 3 nitrogen and oxygen atoms in total. The van der Waals surface area contributed by atoms with Crippen molar-refractivity contribution in [2.45, 2.75) is 6.92 Å². The number of aryl methyl sites for hydroxylation is 1. The van der Waals surface area contributed by atoms with Crippen LogP contribution in [0.1, 0.15) is 11.3 Å². The molecule has 0 amide bonds. The fraction of sp³-hybridized carbons (Fsp3) is 0.222. The van der Waals surface area contributed by atoms with Crippen LogP contribution in [0.3, 0.4) is 0 Å². The number of esters is 1. The molecule has 1 rings (SSSR count). The van der Waals surface area contributed by atoms with E-state index in [1.807, 2.05) is 6.92 Å². The molecule has 0 N–H and O–H groups in total. The van der Waals surface area contributed by atoms with Gasteiger partial charge in [0.25, 0.3) is 0 Å². The van der Waals surface area contributed by atoms with Gasteiger partial charge >= 0.3 is 5.97 Å². The molecule has 12 heavy (non-hydrogen) atoms. The first-order valence-electron chi connectivity index (χ1n) is 3.38. The molecule has 1 aromatic heterocycles. The Hall–Kier alpha value is -1.69. The minimum atomic E-state index is -0.564. The van der Waals surface area contributed by atoms with Gasteiger partial charge in [0.1, 0.15) is 0 Å². The van der Waals surface area contributed by atoms with Gasteiger partial charge in [-0.1, -0.05) is 0 Å².